The van der Waals surface area contributed by atoms with Gasteiger partial charge >= 0.3 is 0 Å². The lowest BCUT2D eigenvalue weighted by molar-refractivity contribution is -0.118. The van der Waals surface area contributed by atoms with Crippen molar-refractivity contribution in [1.29, 1.82) is 0 Å². The maximum atomic E-state index is 13.6. The highest BCUT2D eigenvalue weighted by molar-refractivity contribution is 7.99. The third-order valence-corrected chi connectivity index (χ3v) is 7.75. The number of aromatic nitrogens is 2. The average molecular weight is 454 g/mol. The molecular formula is C24H27N3O2S2. The normalized spacial score (nSPS) is 15.6. The molecule has 2 heterocycles. The molecule has 0 fully saturated rings. The number of amides is 1. The van der Waals surface area contributed by atoms with Crippen molar-refractivity contribution in [3.63, 3.8) is 0 Å². The lowest BCUT2D eigenvalue weighted by Crippen LogP contribution is -2.27. The van der Waals surface area contributed by atoms with Gasteiger partial charge in [-0.3, -0.25) is 14.2 Å². The number of carbonyl (C=O) groups excluding carboxylic acids is 1. The minimum absolute atomic E-state index is 0.0296. The Morgan fingerprint density at radius 2 is 2.19 bits per heavy atom. The first-order chi connectivity index (χ1) is 15.1. The summed E-state index contributed by atoms with van der Waals surface area (Å²) in [7, 11) is 0. The Morgan fingerprint density at radius 3 is 2.97 bits per heavy atom. The number of aryl methyl sites for hydroxylation is 2. The molecule has 0 bridgehead atoms. The molecule has 3 aromatic rings. The molecule has 0 saturated carbocycles. The van der Waals surface area contributed by atoms with Crippen LogP contribution in [0.15, 0.2) is 52.9 Å². The average Bonchev–Trinajstić information content (AvgIpc) is 3.13. The molecule has 0 radical (unpaired) electrons. The van der Waals surface area contributed by atoms with Crippen LogP contribution in [0.3, 0.4) is 0 Å². The van der Waals surface area contributed by atoms with E-state index in [-0.39, 0.29) is 17.2 Å². The summed E-state index contributed by atoms with van der Waals surface area (Å²) >= 11 is 2.98. The van der Waals surface area contributed by atoms with E-state index in [4.69, 9.17) is 4.98 Å². The second-order valence-electron chi connectivity index (χ2n) is 8.00. The van der Waals surface area contributed by atoms with Crippen LogP contribution in [-0.2, 0) is 30.6 Å². The number of benzene rings is 1. The van der Waals surface area contributed by atoms with Crippen LogP contribution in [0.4, 0.5) is 0 Å². The molecule has 0 spiro atoms. The molecule has 1 unspecified atom stereocenters. The molecule has 1 atom stereocenters. The fourth-order valence-corrected chi connectivity index (χ4v) is 6.24. The van der Waals surface area contributed by atoms with Crippen molar-refractivity contribution in [1.82, 2.24) is 14.9 Å². The molecule has 7 heteroatoms. The molecule has 0 aliphatic heterocycles. The highest BCUT2D eigenvalue weighted by Gasteiger charge is 2.25. The highest BCUT2D eigenvalue weighted by Crippen LogP contribution is 2.36. The summed E-state index contributed by atoms with van der Waals surface area (Å²) in [4.78, 5) is 32.7. The van der Waals surface area contributed by atoms with E-state index in [9.17, 15) is 9.59 Å². The Hall–Kier alpha value is -2.38. The number of thioether (sulfide) groups is 1. The monoisotopic (exact) mass is 453 g/mol. The Bertz CT molecular complexity index is 1150. The van der Waals surface area contributed by atoms with Crippen LogP contribution in [0, 0.1) is 5.92 Å². The van der Waals surface area contributed by atoms with E-state index in [1.54, 1.807) is 22.0 Å². The Morgan fingerprint density at radius 1 is 1.39 bits per heavy atom. The van der Waals surface area contributed by atoms with Gasteiger partial charge in [0.05, 0.1) is 11.1 Å². The number of fused-ring (bicyclic) bond motifs is 3. The smallest absolute Gasteiger partial charge is 0.263 e. The largest absolute Gasteiger partial charge is 0.352 e. The first kappa shape index (κ1) is 21.8. The molecule has 2 aromatic heterocycles. The van der Waals surface area contributed by atoms with Crippen molar-refractivity contribution >= 4 is 39.2 Å². The SMILES string of the molecule is C=CCNC(=O)CSc1nc2sc3c(c2c(=O)n1CCc1ccccc1)CCC(C)C3. The number of rotatable bonds is 8. The van der Waals surface area contributed by atoms with Gasteiger partial charge in [-0.05, 0) is 42.7 Å². The van der Waals surface area contributed by atoms with Crippen LogP contribution in [0.2, 0.25) is 0 Å². The maximum absolute atomic E-state index is 13.6. The molecule has 31 heavy (non-hydrogen) atoms. The molecule has 4 rings (SSSR count). The molecular weight excluding hydrogens is 426 g/mol. The predicted molar refractivity (Wildman–Crippen MR) is 129 cm³/mol. The van der Waals surface area contributed by atoms with Gasteiger partial charge < -0.3 is 5.32 Å². The van der Waals surface area contributed by atoms with Crippen molar-refractivity contribution in [2.75, 3.05) is 12.3 Å². The standard InChI is InChI=1S/C24H27N3O2S2/c1-3-12-25-20(28)15-30-24-26-22-21(18-10-9-16(2)14-19(18)31-22)23(29)27(24)13-11-17-7-5-4-6-8-17/h3-8,16H,1,9-15H2,2H3,(H,25,28). The van der Waals surface area contributed by atoms with Gasteiger partial charge in [-0.15, -0.1) is 17.9 Å². The molecule has 1 aromatic carbocycles. The van der Waals surface area contributed by atoms with E-state index in [0.29, 0.717) is 24.2 Å². The van der Waals surface area contributed by atoms with E-state index >= 15 is 0 Å². The van der Waals surface area contributed by atoms with Gasteiger partial charge in [0.25, 0.3) is 5.56 Å². The third kappa shape index (κ3) is 4.93. The van der Waals surface area contributed by atoms with E-state index in [1.807, 2.05) is 18.2 Å². The van der Waals surface area contributed by atoms with Crippen LogP contribution >= 0.6 is 23.1 Å². The number of nitrogens with one attached hydrogen (secondary N) is 1. The lowest BCUT2D eigenvalue weighted by atomic mass is 9.89. The van der Waals surface area contributed by atoms with Gasteiger partial charge in [0.1, 0.15) is 4.83 Å². The van der Waals surface area contributed by atoms with Crippen molar-refractivity contribution in [3.8, 4) is 0 Å². The first-order valence-corrected chi connectivity index (χ1v) is 12.5. The molecule has 0 saturated heterocycles. The van der Waals surface area contributed by atoms with Crippen molar-refractivity contribution < 1.29 is 4.79 Å². The summed E-state index contributed by atoms with van der Waals surface area (Å²) in [6.45, 7) is 6.87. The van der Waals surface area contributed by atoms with Crippen LogP contribution < -0.4 is 10.9 Å². The summed E-state index contributed by atoms with van der Waals surface area (Å²) in [6, 6.07) is 10.1. The number of thiophene rings is 1. The molecule has 1 N–H and O–H groups in total. The molecule has 5 nitrogen and oxygen atoms in total. The summed E-state index contributed by atoms with van der Waals surface area (Å²) in [5.74, 6) is 0.774. The van der Waals surface area contributed by atoms with Crippen molar-refractivity contribution in [2.24, 2.45) is 5.92 Å². The predicted octanol–water partition coefficient (Wildman–Crippen LogP) is 4.22. The van der Waals surface area contributed by atoms with Gasteiger partial charge in [0.2, 0.25) is 5.91 Å². The summed E-state index contributed by atoms with van der Waals surface area (Å²) < 4.78 is 1.77. The zero-order chi connectivity index (χ0) is 21.8. The maximum Gasteiger partial charge on any atom is 0.263 e. The van der Waals surface area contributed by atoms with Gasteiger partial charge in [-0.2, -0.15) is 0 Å². The molecule has 1 aliphatic rings. The van der Waals surface area contributed by atoms with Gasteiger partial charge in [0.15, 0.2) is 5.16 Å². The number of hydrogen-bond acceptors (Lipinski definition) is 5. The Balaban J connectivity index is 1.69. The molecule has 1 aliphatic carbocycles. The van der Waals surface area contributed by atoms with E-state index < -0.39 is 0 Å². The Kier molecular flexibility index (Phi) is 6.92. The summed E-state index contributed by atoms with van der Waals surface area (Å²) in [6.07, 6.45) is 5.48. The number of carbonyl (C=O) groups is 1. The number of hydrogen-bond donors (Lipinski definition) is 1. The van der Waals surface area contributed by atoms with Gasteiger partial charge in [0, 0.05) is 18.0 Å². The second-order valence-corrected chi connectivity index (χ2v) is 10.0. The van der Waals surface area contributed by atoms with Crippen LogP contribution in [0.1, 0.15) is 29.3 Å². The zero-order valence-electron chi connectivity index (χ0n) is 17.7. The van der Waals surface area contributed by atoms with E-state index in [2.05, 4.69) is 31.0 Å². The quantitative estimate of drug-likeness (QED) is 0.315. The van der Waals surface area contributed by atoms with Crippen LogP contribution in [-0.4, -0.2) is 27.8 Å². The van der Waals surface area contributed by atoms with E-state index in [1.165, 1.54) is 27.8 Å². The van der Waals surface area contributed by atoms with Crippen LogP contribution in [0.5, 0.6) is 0 Å². The Labute approximate surface area is 190 Å². The summed E-state index contributed by atoms with van der Waals surface area (Å²) in [5.41, 5.74) is 2.40. The topological polar surface area (TPSA) is 64.0 Å². The summed E-state index contributed by atoms with van der Waals surface area (Å²) in [5, 5.41) is 4.20. The third-order valence-electron chi connectivity index (χ3n) is 5.62. The van der Waals surface area contributed by atoms with Crippen molar-refractivity contribution in [3.05, 3.63) is 69.3 Å². The first-order valence-electron chi connectivity index (χ1n) is 10.7. The fourth-order valence-electron chi connectivity index (χ4n) is 3.96. The zero-order valence-corrected chi connectivity index (χ0v) is 19.4. The lowest BCUT2D eigenvalue weighted by Gasteiger charge is -2.17. The molecule has 1 amide bonds. The van der Waals surface area contributed by atoms with Crippen LogP contribution in [0.25, 0.3) is 10.2 Å². The fraction of sp³-hybridized carbons (Fsp3) is 0.375. The highest BCUT2D eigenvalue weighted by atomic mass is 32.2. The molecule has 162 valence electrons. The van der Waals surface area contributed by atoms with Gasteiger partial charge in [-0.25, -0.2) is 4.98 Å². The minimum atomic E-state index is -0.0897. The second kappa shape index (κ2) is 9.83. The number of nitrogens with zero attached hydrogens (tertiary/aromatic N) is 2. The van der Waals surface area contributed by atoms with Crippen molar-refractivity contribution in [2.45, 2.75) is 44.3 Å². The minimum Gasteiger partial charge on any atom is -0.352 e. The van der Waals surface area contributed by atoms with Gasteiger partial charge in [-0.1, -0.05) is 55.1 Å². The van der Waals surface area contributed by atoms with E-state index in [0.717, 1.165) is 35.9 Å².